The zero-order valence-electron chi connectivity index (χ0n) is 19.7. The average Bonchev–Trinajstić information content (AvgIpc) is 3.18. The van der Waals surface area contributed by atoms with Crippen LogP contribution >= 0.6 is 11.8 Å². The van der Waals surface area contributed by atoms with Crippen molar-refractivity contribution in [1.82, 2.24) is 19.2 Å². The van der Waals surface area contributed by atoms with E-state index in [2.05, 4.69) is 9.97 Å². The highest BCUT2D eigenvalue weighted by molar-refractivity contribution is 7.99. The molecule has 0 radical (unpaired) electrons. The number of unbranched alkanes of at least 4 members (excludes halogenated alkanes) is 1. The first-order chi connectivity index (χ1) is 16.2. The number of nitrogens with two attached hydrogens (primary N) is 2. The van der Waals surface area contributed by atoms with Gasteiger partial charge in [0, 0.05) is 18.7 Å². The van der Waals surface area contributed by atoms with Gasteiger partial charge in [-0.15, -0.1) is 0 Å². The molecular formula is C23H31N7O3S. The van der Waals surface area contributed by atoms with Crippen molar-refractivity contribution >= 4 is 29.2 Å². The molecule has 0 unspecified atom stereocenters. The molecule has 3 rings (SSSR count). The highest BCUT2D eigenvalue weighted by Gasteiger charge is 2.25. The van der Waals surface area contributed by atoms with Crippen molar-refractivity contribution in [2.45, 2.75) is 45.3 Å². The maximum atomic E-state index is 13.3. The Bertz CT molecular complexity index is 1250. The van der Waals surface area contributed by atoms with E-state index in [0.717, 1.165) is 12.0 Å². The summed E-state index contributed by atoms with van der Waals surface area (Å²) in [6.45, 7) is 6.49. The number of thioether (sulfide) groups is 1. The molecule has 5 N–H and O–H groups in total. The van der Waals surface area contributed by atoms with E-state index in [-0.39, 0.29) is 29.1 Å². The molecular weight excluding hydrogens is 454 g/mol. The van der Waals surface area contributed by atoms with Crippen molar-refractivity contribution in [2.24, 2.45) is 5.92 Å². The van der Waals surface area contributed by atoms with E-state index in [1.165, 1.54) is 25.9 Å². The average molecular weight is 486 g/mol. The van der Waals surface area contributed by atoms with Crippen molar-refractivity contribution in [3.63, 3.8) is 0 Å². The number of aromatic amines is 1. The van der Waals surface area contributed by atoms with Gasteiger partial charge in [-0.2, -0.15) is 0 Å². The molecule has 0 saturated heterocycles. The number of anilines is 2. The van der Waals surface area contributed by atoms with Crippen LogP contribution in [0.4, 0.5) is 11.5 Å². The number of amides is 1. The molecule has 34 heavy (non-hydrogen) atoms. The lowest BCUT2D eigenvalue weighted by Crippen LogP contribution is -2.42. The number of nitrogen functional groups attached to an aromatic ring is 2. The van der Waals surface area contributed by atoms with Crippen LogP contribution in [0.3, 0.4) is 0 Å². The summed E-state index contributed by atoms with van der Waals surface area (Å²) in [7, 11) is 0. The van der Waals surface area contributed by atoms with Gasteiger partial charge in [-0.25, -0.2) is 14.5 Å². The van der Waals surface area contributed by atoms with Crippen molar-refractivity contribution in [3.8, 4) is 11.3 Å². The van der Waals surface area contributed by atoms with Crippen LogP contribution in [0, 0.1) is 5.92 Å². The first kappa shape index (κ1) is 25.2. The van der Waals surface area contributed by atoms with Crippen LogP contribution in [0.15, 0.2) is 51.3 Å². The number of nitrogens with one attached hydrogen (secondary N) is 1. The standard InChI is InChI=1S/C23H31N7O3S/c1-4-5-11-28(19-20(24)29(12-15(2)3)22(33)27-21(19)32)18(31)14-34-23-26-17(13-30(23)25)16-9-7-6-8-10-16/h6-10,13,15H,4-5,11-12,14,24-25H2,1-3H3,(H,27,32,33). The minimum Gasteiger partial charge on any atom is -0.383 e. The van der Waals surface area contributed by atoms with Crippen molar-refractivity contribution in [1.29, 1.82) is 0 Å². The number of nitrogens with zero attached hydrogens (tertiary/aromatic N) is 4. The molecule has 1 aromatic carbocycles. The Morgan fingerprint density at radius 3 is 2.59 bits per heavy atom. The van der Waals surface area contributed by atoms with Crippen molar-refractivity contribution in [3.05, 3.63) is 57.4 Å². The monoisotopic (exact) mass is 485 g/mol. The second-order valence-electron chi connectivity index (χ2n) is 8.37. The predicted octanol–water partition coefficient (Wildman–Crippen LogP) is 2.28. The summed E-state index contributed by atoms with van der Waals surface area (Å²) < 4.78 is 2.68. The zero-order chi connectivity index (χ0) is 24.8. The smallest absolute Gasteiger partial charge is 0.330 e. The van der Waals surface area contributed by atoms with Gasteiger partial charge >= 0.3 is 5.69 Å². The third kappa shape index (κ3) is 5.71. The van der Waals surface area contributed by atoms with Crippen LogP contribution in [0.25, 0.3) is 11.3 Å². The Morgan fingerprint density at radius 2 is 1.94 bits per heavy atom. The van der Waals surface area contributed by atoms with E-state index in [1.807, 2.05) is 51.1 Å². The largest absolute Gasteiger partial charge is 0.383 e. The van der Waals surface area contributed by atoms with Crippen LogP contribution < -0.4 is 27.7 Å². The summed E-state index contributed by atoms with van der Waals surface area (Å²) in [4.78, 5) is 46.5. The van der Waals surface area contributed by atoms with E-state index in [0.29, 0.717) is 30.4 Å². The van der Waals surface area contributed by atoms with Gasteiger partial charge < -0.3 is 16.5 Å². The fraction of sp³-hybridized carbons (Fsp3) is 0.391. The number of carbonyl (C=O) groups is 1. The molecule has 11 heteroatoms. The zero-order valence-corrected chi connectivity index (χ0v) is 20.5. The topological polar surface area (TPSA) is 145 Å². The minimum absolute atomic E-state index is 0.000338. The Balaban J connectivity index is 1.87. The molecule has 0 aliphatic heterocycles. The molecule has 1 amide bonds. The first-order valence-electron chi connectivity index (χ1n) is 11.2. The second-order valence-corrected chi connectivity index (χ2v) is 9.31. The SMILES string of the molecule is CCCCN(C(=O)CSc1nc(-c2ccccc2)cn1N)c1c(N)n(CC(C)C)c(=O)[nH]c1=O. The number of H-pyrrole nitrogens is 1. The van der Waals surface area contributed by atoms with E-state index in [9.17, 15) is 14.4 Å². The highest BCUT2D eigenvalue weighted by Crippen LogP contribution is 2.25. The summed E-state index contributed by atoms with van der Waals surface area (Å²) in [6.07, 6.45) is 3.18. The number of aromatic nitrogens is 4. The molecule has 2 heterocycles. The fourth-order valence-electron chi connectivity index (χ4n) is 3.50. The lowest BCUT2D eigenvalue weighted by atomic mass is 10.2. The Labute approximate surface area is 202 Å². The molecule has 3 aromatic rings. The van der Waals surface area contributed by atoms with E-state index >= 15 is 0 Å². The third-order valence-corrected chi connectivity index (χ3v) is 6.11. The van der Waals surface area contributed by atoms with E-state index < -0.39 is 11.2 Å². The normalized spacial score (nSPS) is 11.2. The van der Waals surface area contributed by atoms with Gasteiger partial charge in [-0.1, -0.05) is 69.3 Å². The molecule has 0 fully saturated rings. The van der Waals surface area contributed by atoms with Crippen LogP contribution in [0.2, 0.25) is 0 Å². The molecule has 0 spiro atoms. The molecule has 0 aliphatic carbocycles. The van der Waals surface area contributed by atoms with Crippen LogP contribution in [-0.4, -0.2) is 37.4 Å². The molecule has 0 atom stereocenters. The van der Waals surface area contributed by atoms with Crippen molar-refractivity contribution in [2.75, 3.05) is 28.8 Å². The lowest BCUT2D eigenvalue weighted by Gasteiger charge is -2.24. The summed E-state index contributed by atoms with van der Waals surface area (Å²) >= 11 is 1.17. The summed E-state index contributed by atoms with van der Waals surface area (Å²) in [6, 6.07) is 9.59. The van der Waals surface area contributed by atoms with E-state index in [1.54, 1.807) is 6.20 Å². The van der Waals surface area contributed by atoms with Gasteiger partial charge in [0.25, 0.3) is 5.56 Å². The van der Waals surface area contributed by atoms with Crippen LogP contribution in [0.5, 0.6) is 0 Å². The molecule has 0 aliphatic rings. The van der Waals surface area contributed by atoms with Gasteiger partial charge in [-0.3, -0.25) is 19.1 Å². The maximum Gasteiger partial charge on any atom is 0.330 e. The van der Waals surface area contributed by atoms with Gasteiger partial charge in [0.05, 0.1) is 17.6 Å². The van der Waals surface area contributed by atoms with Crippen LogP contribution in [-0.2, 0) is 11.3 Å². The van der Waals surface area contributed by atoms with Gasteiger partial charge in [-0.05, 0) is 12.3 Å². The molecule has 10 nitrogen and oxygen atoms in total. The number of imidazole rings is 1. The number of hydrogen-bond donors (Lipinski definition) is 3. The Morgan fingerprint density at radius 1 is 1.24 bits per heavy atom. The number of benzene rings is 1. The Kier molecular flexibility index (Phi) is 8.21. The second kappa shape index (κ2) is 11.1. The minimum atomic E-state index is -0.677. The van der Waals surface area contributed by atoms with Crippen LogP contribution in [0.1, 0.15) is 33.6 Å². The number of hydrogen-bond acceptors (Lipinski definition) is 7. The quantitative estimate of drug-likeness (QED) is 0.295. The van der Waals surface area contributed by atoms with Crippen molar-refractivity contribution < 1.29 is 4.79 Å². The van der Waals surface area contributed by atoms with E-state index in [4.69, 9.17) is 11.6 Å². The Hall–Kier alpha value is -3.47. The lowest BCUT2D eigenvalue weighted by molar-refractivity contribution is -0.116. The van der Waals surface area contributed by atoms with Gasteiger partial charge in [0.2, 0.25) is 5.91 Å². The van der Waals surface area contributed by atoms with Gasteiger partial charge in [0.1, 0.15) is 5.82 Å². The molecule has 182 valence electrons. The summed E-state index contributed by atoms with van der Waals surface area (Å²) in [5.74, 6) is 5.84. The highest BCUT2D eigenvalue weighted by atomic mass is 32.2. The molecule has 2 aromatic heterocycles. The molecule has 0 saturated carbocycles. The first-order valence-corrected chi connectivity index (χ1v) is 12.2. The predicted molar refractivity (Wildman–Crippen MR) is 136 cm³/mol. The third-order valence-electron chi connectivity index (χ3n) is 5.16. The summed E-state index contributed by atoms with van der Waals surface area (Å²) in [5, 5.41) is 0.467. The number of rotatable bonds is 10. The summed E-state index contributed by atoms with van der Waals surface area (Å²) in [5.41, 5.74) is 6.59. The maximum absolute atomic E-state index is 13.3. The van der Waals surface area contributed by atoms with Gasteiger partial charge in [0.15, 0.2) is 10.8 Å². The number of carbonyl (C=O) groups excluding carboxylic acids is 1. The molecule has 0 bridgehead atoms. The fourth-order valence-corrected chi connectivity index (χ4v) is 4.27.